The first kappa shape index (κ1) is 14.8. The minimum atomic E-state index is -0.227. The SMILES string of the molecule is CC(C)NC(CN1CCC2(CCCC2)CC1)C(N)=O. The lowest BCUT2D eigenvalue weighted by molar-refractivity contribution is -0.120. The number of piperidine rings is 1. The molecule has 0 radical (unpaired) electrons. The molecule has 0 aromatic heterocycles. The van der Waals surface area contributed by atoms with E-state index in [4.69, 9.17) is 5.73 Å². The Hall–Kier alpha value is -0.610. The Morgan fingerprint density at radius 2 is 1.79 bits per heavy atom. The number of carbonyl (C=O) groups excluding carboxylic acids is 1. The average molecular weight is 267 g/mol. The summed E-state index contributed by atoms with van der Waals surface area (Å²) in [5.74, 6) is -0.227. The quantitative estimate of drug-likeness (QED) is 0.793. The van der Waals surface area contributed by atoms with E-state index < -0.39 is 0 Å². The Labute approximate surface area is 117 Å². The highest BCUT2D eigenvalue weighted by molar-refractivity contribution is 5.80. The fourth-order valence-corrected chi connectivity index (χ4v) is 3.72. The van der Waals surface area contributed by atoms with Gasteiger partial charge in [-0.2, -0.15) is 0 Å². The van der Waals surface area contributed by atoms with E-state index in [2.05, 4.69) is 24.1 Å². The maximum Gasteiger partial charge on any atom is 0.235 e. The van der Waals surface area contributed by atoms with Gasteiger partial charge in [0.25, 0.3) is 0 Å². The number of nitrogens with two attached hydrogens (primary N) is 1. The molecule has 19 heavy (non-hydrogen) atoms. The van der Waals surface area contributed by atoms with Crippen molar-refractivity contribution >= 4 is 5.91 Å². The molecule has 1 saturated heterocycles. The molecule has 1 aliphatic carbocycles. The van der Waals surface area contributed by atoms with Crippen LogP contribution >= 0.6 is 0 Å². The van der Waals surface area contributed by atoms with E-state index in [1.54, 1.807) is 0 Å². The largest absolute Gasteiger partial charge is 0.368 e. The van der Waals surface area contributed by atoms with Crippen LogP contribution in [0.25, 0.3) is 0 Å². The summed E-state index contributed by atoms with van der Waals surface area (Å²) in [6, 6.07) is 0.0843. The summed E-state index contributed by atoms with van der Waals surface area (Å²) >= 11 is 0. The molecular formula is C15H29N3O. The number of likely N-dealkylation sites (tertiary alicyclic amines) is 1. The molecule has 1 spiro atoms. The maximum absolute atomic E-state index is 11.5. The van der Waals surface area contributed by atoms with Crippen molar-refractivity contribution in [2.75, 3.05) is 19.6 Å². The van der Waals surface area contributed by atoms with Crippen LogP contribution in [-0.4, -0.2) is 42.5 Å². The zero-order chi connectivity index (χ0) is 13.9. The van der Waals surface area contributed by atoms with E-state index in [1.165, 1.54) is 38.5 Å². The third kappa shape index (κ3) is 3.93. The van der Waals surface area contributed by atoms with Crippen LogP contribution in [0.2, 0.25) is 0 Å². The first-order valence-electron chi connectivity index (χ1n) is 7.78. The summed E-state index contributed by atoms with van der Waals surface area (Å²) in [7, 11) is 0. The predicted molar refractivity (Wildman–Crippen MR) is 77.8 cm³/mol. The van der Waals surface area contributed by atoms with E-state index in [-0.39, 0.29) is 11.9 Å². The van der Waals surface area contributed by atoms with Gasteiger partial charge in [-0.1, -0.05) is 26.7 Å². The third-order valence-electron chi connectivity index (χ3n) is 4.90. The first-order chi connectivity index (χ1) is 9.01. The van der Waals surface area contributed by atoms with Gasteiger partial charge < -0.3 is 16.0 Å². The van der Waals surface area contributed by atoms with Gasteiger partial charge in [0, 0.05) is 12.6 Å². The van der Waals surface area contributed by atoms with E-state index in [0.29, 0.717) is 11.5 Å². The number of rotatable bonds is 5. The highest BCUT2D eigenvalue weighted by Crippen LogP contribution is 2.45. The van der Waals surface area contributed by atoms with Crippen LogP contribution in [0.5, 0.6) is 0 Å². The van der Waals surface area contributed by atoms with Crippen molar-refractivity contribution < 1.29 is 4.79 Å². The third-order valence-corrected chi connectivity index (χ3v) is 4.90. The van der Waals surface area contributed by atoms with Crippen molar-refractivity contribution in [1.29, 1.82) is 0 Å². The molecule has 0 bridgehead atoms. The fourth-order valence-electron chi connectivity index (χ4n) is 3.72. The molecular weight excluding hydrogens is 238 g/mol. The lowest BCUT2D eigenvalue weighted by Crippen LogP contribution is -2.53. The van der Waals surface area contributed by atoms with E-state index in [9.17, 15) is 4.79 Å². The maximum atomic E-state index is 11.5. The van der Waals surface area contributed by atoms with Crippen LogP contribution in [0, 0.1) is 5.41 Å². The molecule has 0 aromatic rings. The zero-order valence-corrected chi connectivity index (χ0v) is 12.5. The van der Waals surface area contributed by atoms with Crippen LogP contribution in [0.1, 0.15) is 52.4 Å². The summed E-state index contributed by atoms with van der Waals surface area (Å²) in [5, 5.41) is 3.27. The van der Waals surface area contributed by atoms with Crippen LogP contribution in [0.4, 0.5) is 0 Å². The number of nitrogens with one attached hydrogen (secondary N) is 1. The molecule has 4 heteroatoms. The number of primary amides is 1. The molecule has 110 valence electrons. The second-order valence-electron chi connectivity index (χ2n) is 6.78. The van der Waals surface area contributed by atoms with Gasteiger partial charge in [0.2, 0.25) is 5.91 Å². The second kappa shape index (κ2) is 6.23. The number of carbonyl (C=O) groups is 1. The first-order valence-corrected chi connectivity index (χ1v) is 7.78. The van der Waals surface area contributed by atoms with E-state index >= 15 is 0 Å². The Balaban J connectivity index is 1.81. The Morgan fingerprint density at radius 1 is 1.21 bits per heavy atom. The standard InChI is InChI=1S/C15H29N3O/c1-12(2)17-13(14(16)19)11-18-9-7-15(8-10-18)5-3-4-6-15/h12-13,17H,3-11H2,1-2H3,(H2,16,19). The predicted octanol–water partition coefficient (Wildman–Crippen LogP) is 1.49. The molecule has 2 aliphatic rings. The van der Waals surface area contributed by atoms with Gasteiger partial charge in [-0.3, -0.25) is 4.79 Å². The highest BCUT2D eigenvalue weighted by Gasteiger charge is 2.37. The van der Waals surface area contributed by atoms with Crippen LogP contribution in [-0.2, 0) is 4.79 Å². The van der Waals surface area contributed by atoms with Gasteiger partial charge in [0.1, 0.15) is 0 Å². The van der Waals surface area contributed by atoms with Crippen molar-refractivity contribution in [3.8, 4) is 0 Å². The fraction of sp³-hybridized carbons (Fsp3) is 0.933. The minimum Gasteiger partial charge on any atom is -0.368 e. The molecule has 4 nitrogen and oxygen atoms in total. The Bertz CT molecular complexity index is 301. The van der Waals surface area contributed by atoms with Crippen LogP contribution < -0.4 is 11.1 Å². The van der Waals surface area contributed by atoms with Gasteiger partial charge in [-0.25, -0.2) is 0 Å². The van der Waals surface area contributed by atoms with E-state index in [0.717, 1.165) is 19.6 Å². The Kier molecular flexibility index (Phi) is 4.85. The van der Waals surface area contributed by atoms with Crippen molar-refractivity contribution in [3.05, 3.63) is 0 Å². The molecule has 0 aromatic carbocycles. The highest BCUT2D eigenvalue weighted by atomic mass is 16.1. The summed E-state index contributed by atoms with van der Waals surface area (Å²) in [5.41, 5.74) is 6.13. The average Bonchev–Trinajstić information content (AvgIpc) is 2.79. The second-order valence-corrected chi connectivity index (χ2v) is 6.78. The lowest BCUT2D eigenvalue weighted by atomic mass is 9.77. The number of amides is 1. The smallest absolute Gasteiger partial charge is 0.235 e. The molecule has 3 N–H and O–H groups in total. The molecule has 1 amide bonds. The lowest BCUT2D eigenvalue weighted by Gasteiger charge is -2.40. The summed E-state index contributed by atoms with van der Waals surface area (Å²) < 4.78 is 0. The number of hydrogen-bond acceptors (Lipinski definition) is 3. The van der Waals surface area contributed by atoms with Crippen molar-refractivity contribution in [2.45, 2.75) is 64.5 Å². The summed E-state index contributed by atoms with van der Waals surface area (Å²) in [6.07, 6.45) is 8.28. The van der Waals surface area contributed by atoms with Crippen molar-refractivity contribution in [1.82, 2.24) is 10.2 Å². The van der Waals surface area contributed by atoms with Crippen molar-refractivity contribution in [2.24, 2.45) is 11.1 Å². The number of nitrogens with zero attached hydrogens (tertiary/aromatic N) is 1. The minimum absolute atomic E-state index is 0.211. The normalized spacial score (nSPS) is 25.0. The molecule has 2 fully saturated rings. The number of hydrogen-bond donors (Lipinski definition) is 2. The van der Waals surface area contributed by atoms with Gasteiger partial charge in [0.05, 0.1) is 6.04 Å². The molecule has 1 unspecified atom stereocenters. The van der Waals surface area contributed by atoms with Gasteiger partial charge in [-0.05, 0) is 44.2 Å². The van der Waals surface area contributed by atoms with E-state index in [1.807, 2.05) is 0 Å². The molecule has 2 rings (SSSR count). The molecule has 1 heterocycles. The van der Waals surface area contributed by atoms with Crippen LogP contribution in [0.15, 0.2) is 0 Å². The van der Waals surface area contributed by atoms with Gasteiger partial charge in [-0.15, -0.1) is 0 Å². The topological polar surface area (TPSA) is 58.4 Å². The molecule has 1 atom stereocenters. The van der Waals surface area contributed by atoms with Crippen LogP contribution in [0.3, 0.4) is 0 Å². The molecule has 1 aliphatic heterocycles. The summed E-state index contributed by atoms with van der Waals surface area (Å²) in [4.78, 5) is 13.9. The van der Waals surface area contributed by atoms with Crippen molar-refractivity contribution in [3.63, 3.8) is 0 Å². The molecule has 1 saturated carbocycles. The Morgan fingerprint density at radius 3 is 2.26 bits per heavy atom. The monoisotopic (exact) mass is 267 g/mol. The summed E-state index contributed by atoms with van der Waals surface area (Å²) in [6.45, 7) is 7.13. The van der Waals surface area contributed by atoms with Gasteiger partial charge >= 0.3 is 0 Å². The zero-order valence-electron chi connectivity index (χ0n) is 12.5. The van der Waals surface area contributed by atoms with Gasteiger partial charge in [0.15, 0.2) is 0 Å².